The molecule has 2 aromatic rings. The minimum absolute atomic E-state index is 0.0508. The molecule has 0 spiro atoms. The van der Waals surface area contributed by atoms with E-state index in [1.807, 2.05) is 30.3 Å². The topological polar surface area (TPSA) is 67.4 Å². The Balaban J connectivity index is 1.72. The van der Waals surface area contributed by atoms with E-state index in [-0.39, 0.29) is 18.4 Å². The molecule has 0 aromatic heterocycles. The lowest BCUT2D eigenvalue weighted by Crippen LogP contribution is -2.32. The van der Waals surface area contributed by atoms with Crippen LogP contribution < -0.4 is 15.4 Å². The van der Waals surface area contributed by atoms with Gasteiger partial charge in [0.05, 0.1) is 13.7 Å². The van der Waals surface area contributed by atoms with Gasteiger partial charge in [-0.3, -0.25) is 9.59 Å². The molecular formula is C18H20N2O3. The Morgan fingerprint density at radius 1 is 1.00 bits per heavy atom. The first kappa shape index (κ1) is 16.5. The van der Waals surface area contributed by atoms with E-state index in [0.717, 1.165) is 5.56 Å². The van der Waals surface area contributed by atoms with Crippen LogP contribution in [0.1, 0.15) is 12.0 Å². The summed E-state index contributed by atoms with van der Waals surface area (Å²) in [5.41, 5.74) is 1.73. The molecule has 0 unspecified atom stereocenters. The molecule has 0 atom stereocenters. The molecule has 0 bridgehead atoms. The Morgan fingerprint density at radius 3 is 2.52 bits per heavy atom. The first-order valence-electron chi connectivity index (χ1n) is 7.42. The molecule has 5 nitrogen and oxygen atoms in total. The fourth-order valence-corrected chi connectivity index (χ4v) is 2.08. The number of carbonyl (C=O) groups excluding carboxylic acids is 2. The van der Waals surface area contributed by atoms with Crippen LogP contribution in [0.15, 0.2) is 54.6 Å². The third-order valence-corrected chi connectivity index (χ3v) is 3.28. The van der Waals surface area contributed by atoms with E-state index < -0.39 is 0 Å². The first-order chi connectivity index (χ1) is 11.2. The summed E-state index contributed by atoms with van der Waals surface area (Å²) in [4.78, 5) is 23.6. The third kappa shape index (κ3) is 5.82. The lowest BCUT2D eigenvalue weighted by atomic mass is 10.1. The van der Waals surface area contributed by atoms with Gasteiger partial charge in [0.2, 0.25) is 11.8 Å². The lowest BCUT2D eigenvalue weighted by molar-refractivity contribution is -0.124. The van der Waals surface area contributed by atoms with Crippen molar-refractivity contribution in [3.63, 3.8) is 0 Å². The monoisotopic (exact) mass is 312 g/mol. The number of rotatable bonds is 7. The number of nitrogens with one attached hydrogen (secondary N) is 2. The number of hydrogen-bond donors (Lipinski definition) is 2. The van der Waals surface area contributed by atoms with Crippen molar-refractivity contribution in [2.24, 2.45) is 0 Å². The van der Waals surface area contributed by atoms with Gasteiger partial charge in [-0.05, 0) is 24.1 Å². The molecule has 5 heteroatoms. The Labute approximate surface area is 135 Å². The molecule has 23 heavy (non-hydrogen) atoms. The maximum Gasteiger partial charge on any atom is 0.243 e. The largest absolute Gasteiger partial charge is 0.497 e. The third-order valence-electron chi connectivity index (χ3n) is 3.28. The summed E-state index contributed by atoms with van der Waals surface area (Å²) in [6.07, 6.45) is 1.01. The highest BCUT2D eigenvalue weighted by Gasteiger charge is 2.07. The predicted octanol–water partition coefficient (Wildman–Crippen LogP) is 2.38. The first-order valence-corrected chi connectivity index (χ1v) is 7.42. The van der Waals surface area contributed by atoms with Crippen LogP contribution in [0.25, 0.3) is 0 Å². The average Bonchev–Trinajstić information content (AvgIpc) is 2.59. The van der Waals surface area contributed by atoms with E-state index in [9.17, 15) is 9.59 Å². The van der Waals surface area contributed by atoms with Crippen LogP contribution in [-0.4, -0.2) is 25.5 Å². The van der Waals surface area contributed by atoms with E-state index >= 15 is 0 Å². The van der Waals surface area contributed by atoms with Crippen molar-refractivity contribution in [1.82, 2.24) is 5.32 Å². The van der Waals surface area contributed by atoms with Crippen molar-refractivity contribution in [2.75, 3.05) is 19.0 Å². The highest BCUT2D eigenvalue weighted by atomic mass is 16.5. The van der Waals surface area contributed by atoms with Gasteiger partial charge in [0, 0.05) is 18.2 Å². The molecule has 2 N–H and O–H groups in total. The summed E-state index contributed by atoms with van der Waals surface area (Å²) >= 11 is 0. The molecule has 0 saturated carbocycles. The van der Waals surface area contributed by atoms with Crippen LogP contribution in [0.2, 0.25) is 0 Å². The van der Waals surface area contributed by atoms with Gasteiger partial charge in [-0.25, -0.2) is 0 Å². The van der Waals surface area contributed by atoms with Gasteiger partial charge in [-0.1, -0.05) is 36.4 Å². The summed E-state index contributed by atoms with van der Waals surface area (Å²) in [7, 11) is 1.56. The van der Waals surface area contributed by atoms with E-state index in [2.05, 4.69) is 10.6 Å². The average molecular weight is 312 g/mol. The Hall–Kier alpha value is -2.82. The van der Waals surface area contributed by atoms with Gasteiger partial charge in [0.15, 0.2) is 0 Å². The summed E-state index contributed by atoms with van der Waals surface area (Å²) in [6.45, 7) is -0.0508. The Bertz CT molecular complexity index is 656. The van der Waals surface area contributed by atoms with Crippen LogP contribution >= 0.6 is 0 Å². The Kier molecular flexibility index (Phi) is 6.17. The summed E-state index contributed by atoms with van der Waals surface area (Å²) < 4.78 is 5.09. The summed E-state index contributed by atoms with van der Waals surface area (Å²) in [6, 6.07) is 16.8. The van der Waals surface area contributed by atoms with Crippen molar-refractivity contribution >= 4 is 17.5 Å². The highest BCUT2D eigenvalue weighted by Crippen LogP contribution is 2.16. The van der Waals surface area contributed by atoms with Crippen molar-refractivity contribution in [1.29, 1.82) is 0 Å². The van der Waals surface area contributed by atoms with Crippen molar-refractivity contribution < 1.29 is 14.3 Å². The van der Waals surface area contributed by atoms with Gasteiger partial charge < -0.3 is 15.4 Å². The van der Waals surface area contributed by atoms with Gasteiger partial charge in [-0.2, -0.15) is 0 Å². The van der Waals surface area contributed by atoms with Gasteiger partial charge in [0.25, 0.3) is 0 Å². The Morgan fingerprint density at radius 2 is 1.78 bits per heavy atom. The second kappa shape index (κ2) is 8.58. The molecule has 2 amide bonds. The zero-order chi connectivity index (χ0) is 16.5. The van der Waals surface area contributed by atoms with E-state index in [1.54, 1.807) is 31.4 Å². The fourth-order valence-electron chi connectivity index (χ4n) is 2.08. The molecule has 120 valence electrons. The minimum Gasteiger partial charge on any atom is -0.497 e. The number of anilines is 1. The smallest absolute Gasteiger partial charge is 0.243 e. The molecule has 0 aliphatic heterocycles. The number of benzene rings is 2. The number of ether oxygens (including phenoxy) is 1. The molecule has 2 rings (SSSR count). The lowest BCUT2D eigenvalue weighted by Gasteiger charge is -2.08. The zero-order valence-electron chi connectivity index (χ0n) is 13.0. The van der Waals surface area contributed by atoms with Gasteiger partial charge in [-0.15, -0.1) is 0 Å². The van der Waals surface area contributed by atoms with Crippen LogP contribution in [0.5, 0.6) is 5.75 Å². The maximum atomic E-state index is 11.8. The maximum absolute atomic E-state index is 11.8. The van der Waals surface area contributed by atoms with E-state index in [1.165, 1.54) is 0 Å². The highest BCUT2D eigenvalue weighted by molar-refractivity contribution is 5.94. The SMILES string of the molecule is COc1cccc(NC(=O)CNC(=O)CCc2ccccc2)c1. The molecule has 0 saturated heterocycles. The zero-order valence-corrected chi connectivity index (χ0v) is 13.0. The minimum atomic E-state index is -0.272. The number of aryl methyl sites for hydroxylation is 1. The normalized spacial score (nSPS) is 9.96. The van der Waals surface area contributed by atoms with Crippen LogP contribution in [-0.2, 0) is 16.0 Å². The van der Waals surface area contributed by atoms with E-state index in [4.69, 9.17) is 4.74 Å². The molecule has 2 aromatic carbocycles. The van der Waals surface area contributed by atoms with Gasteiger partial charge in [0.1, 0.15) is 5.75 Å². The van der Waals surface area contributed by atoms with Crippen LogP contribution in [0, 0.1) is 0 Å². The number of methoxy groups -OCH3 is 1. The van der Waals surface area contributed by atoms with Crippen molar-refractivity contribution in [3.05, 3.63) is 60.2 Å². The molecule has 0 aliphatic carbocycles. The number of amides is 2. The number of hydrogen-bond acceptors (Lipinski definition) is 3. The second-order valence-electron chi connectivity index (χ2n) is 5.04. The quantitative estimate of drug-likeness (QED) is 0.825. The molecular weight excluding hydrogens is 292 g/mol. The van der Waals surface area contributed by atoms with Gasteiger partial charge >= 0.3 is 0 Å². The summed E-state index contributed by atoms with van der Waals surface area (Å²) in [5, 5.41) is 5.33. The van der Waals surface area contributed by atoms with Crippen LogP contribution in [0.4, 0.5) is 5.69 Å². The standard InChI is InChI=1S/C18H20N2O3/c1-23-16-9-5-8-15(12-16)20-18(22)13-19-17(21)11-10-14-6-3-2-4-7-14/h2-9,12H,10-11,13H2,1H3,(H,19,21)(H,20,22). The number of carbonyl (C=O) groups is 2. The predicted molar refractivity (Wildman–Crippen MR) is 89.4 cm³/mol. The van der Waals surface area contributed by atoms with Crippen molar-refractivity contribution in [2.45, 2.75) is 12.8 Å². The van der Waals surface area contributed by atoms with Crippen LogP contribution in [0.3, 0.4) is 0 Å². The molecule has 0 radical (unpaired) electrons. The summed E-state index contributed by atoms with van der Waals surface area (Å²) in [5.74, 6) is 0.246. The molecule has 0 heterocycles. The molecule has 0 aliphatic rings. The fraction of sp³-hybridized carbons (Fsp3) is 0.222. The molecule has 0 fully saturated rings. The van der Waals surface area contributed by atoms with E-state index in [0.29, 0.717) is 24.3 Å². The van der Waals surface area contributed by atoms with Crippen molar-refractivity contribution in [3.8, 4) is 5.75 Å². The second-order valence-corrected chi connectivity index (χ2v) is 5.04.